The maximum Gasteiger partial charge on any atom is 0.311 e. The number of carbonyl (C=O) groups is 2. The Kier molecular flexibility index (Phi) is 3.57. The number of carboxylic acids is 1. The lowest BCUT2D eigenvalue weighted by atomic mass is 9.94. The second-order valence-corrected chi connectivity index (χ2v) is 5.31. The summed E-state index contributed by atoms with van der Waals surface area (Å²) in [4.78, 5) is 41.7. The van der Waals surface area contributed by atoms with Gasteiger partial charge >= 0.3 is 5.97 Å². The van der Waals surface area contributed by atoms with Crippen molar-refractivity contribution in [2.45, 2.75) is 19.3 Å². The molecule has 0 radical (unpaired) electrons. The van der Waals surface area contributed by atoms with Crippen LogP contribution in [-0.2, 0) is 9.59 Å². The van der Waals surface area contributed by atoms with Crippen molar-refractivity contribution >= 4 is 29.3 Å². The number of anilines is 3. The summed E-state index contributed by atoms with van der Waals surface area (Å²) in [6.07, 6.45) is -0.280. The Bertz CT molecular complexity index is 842. The number of carboxylic acid groups (broad SMARTS) is 1. The standard InChI is InChI=1S/C15H14N4O4/c1-7-2-4-8(5-3-7)16-15-18-12-11(13(21)19-15)9(14(22)23)6-10(20)17-12/h2-5,9H,6H2,1H3,(H,22,23)(H3,16,17,18,19,20,21)/t9-/m0/s1. The Labute approximate surface area is 130 Å². The van der Waals surface area contributed by atoms with Gasteiger partial charge in [-0.05, 0) is 19.1 Å². The zero-order valence-electron chi connectivity index (χ0n) is 12.2. The maximum absolute atomic E-state index is 12.2. The molecular formula is C15H14N4O4. The predicted octanol–water partition coefficient (Wildman–Crippen LogP) is 1.33. The number of aromatic amines is 1. The van der Waals surface area contributed by atoms with Crippen LogP contribution in [0, 0.1) is 6.92 Å². The molecular weight excluding hydrogens is 300 g/mol. The highest BCUT2D eigenvalue weighted by molar-refractivity contribution is 5.98. The van der Waals surface area contributed by atoms with Crippen LogP contribution in [-0.4, -0.2) is 27.0 Å². The fraction of sp³-hybridized carbons (Fsp3) is 0.200. The van der Waals surface area contributed by atoms with Gasteiger partial charge < -0.3 is 15.7 Å². The van der Waals surface area contributed by atoms with Crippen molar-refractivity contribution in [3.05, 3.63) is 45.7 Å². The minimum absolute atomic E-state index is 0.0213. The van der Waals surface area contributed by atoms with E-state index in [1.54, 1.807) is 0 Å². The normalized spacial score (nSPS) is 16.4. The van der Waals surface area contributed by atoms with Crippen LogP contribution in [0.15, 0.2) is 29.1 Å². The molecule has 1 aromatic carbocycles. The third-order valence-corrected chi connectivity index (χ3v) is 3.56. The molecule has 4 N–H and O–H groups in total. The molecule has 8 heteroatoms. The van der Waals surface area contributed by atoms with Crippen LogP contribution < -0.4 is 16.2 Å². The number of hydrogen-bond acceptors (Lipinski definition) is 5. The van der Waals surface area contributed by atoms with Crippen LogP contribution in [0.3, 0.4) is 0 Å². The molecule has 1 aliphatic heterocycles. The minimum Gasteiger partial charge on any atom is -0.481 e. The van der Waals surface area contributed by atoms with Crippen LogP contribution in [0.5, 0.6) is 0 Å². The topological polar surface area (TPSA) is 124 Å². The van der Waals surface area contributed by atoms with Crippen molar-refractivity contribution in [1.82, 2.24) is 9.97 Å². The molecule has 0 saturated heterocycles. The summed E-state index contributed by atoms with van der Waals surface area (Å²) < 4.78 is 0. The van der Waals surface area contributed by atoms with Gasteiger partial charge in [-0.1, -0.05) is 17.7 Å². The largest absolute Gasteiger partial charge is 0.481 e. The first kappa shape index (κ1) is 14.8. The number of aromatic nitrogens is 2. The van der Waals surface area contributed by atoms with Gasteiger partial charge in [0.2, 0.25) is 11.9 Å². The first-order valence-corrected chi connectivity index (χ1v) is 6.94. The zero-order valence-corrected chi connectivity index (χ0v) is 12.2. The maximum atomic E-state index is 12.2. The highest BCUT2D eigenvalue weighted by Crippen LogP contribution is 2.28. The molecule has 8 nitrogen and oxygen atoms in total. The SMILES string of the molecule is Cc1ccc(Nc2nc3c(c(=O)[nH]2)[C@@H](C(=O)O)CC(=O)N3)cc1. The lowest BCUT2D eigenvalue weighted by molar-refractivity contribution is -0.140. The Morgan fingerprint density at radius 1 is 1.30 bits per heavy atom. The molecule has 3 rings (SSSR count). The second kappa shape index (κ2) is 5.56. The summed E-state index contributed by atoms with van der Waals surface area (Å²) in [5.74, 6) is -2.80. The molecule has 1 aromatic heterocycles. The van der Waals surface area contributed by atoms with Crippen molar-refractivity contribution in [3.63, 3.8) is 0 Å². The van der Waals surface area contributed by atoms with Crippen LogP contribution in [0.25, 0.3) is 0 Å². The van der Waals surface area contributed by atoms with Crippen molar-refractivity contribution in [2.24, 2.45) is 0 Å². The van der Waals surface area contributed by atoms with Crippen LogP contribution >= 0.6 is 0 Å². The Hall–Kier alpha value is -3.16. The summed E-state index contributed by atoms with van der Waals surface area (Å²) in [6.45, 7) is 1.95. The first-order valence-electron chi connectivity index (χ1n) is 6.94. The second-order valence-electron chi connectivity index (χ2n) is 5.31. The summed E-state index contributed by atoms with van der Waals surface area (Å²) in [6, 6.07) is 7.41. The van der Waals surface area contributed by atoms with E-state index in [0.717, 1.165) is 5.56 Å². The molecule has 0 saturated carbocycles. The summed E-state index contributed by atoms with van der Waals surface area (Å²) >= 11 is 0. The Morgan fingerprint density at radius 3 is 2.65 bits per heavy atom. The lowest BCUT2D eigenvalue weighted by Gasteiger charge is -2.21. The summed E-state index contributed by atoms with van der Waals surface area (Å²) in [7, 11) is 0. The van der Waals surface area contributed by atoms with Gasteiger partial charge in [-0.2, -0.15) is 4.98 Å². The number of hydrogen-bond donors (Lipinski definition) is 4. The van der Waals surface area contributed by atoms with Crippen molar-refractivity contribution in [1.29, 1.82) is 0 Å². The van der Waals surface area contributed by atoms with Gasteiger partial charge in [0.15, 0.2) is 0 Å². The molecule has 0 unspecified atom stereocenters. The monoisotopic (exact) mass is 314 g/mol. The van der Waals surface area contributed by atoms with E-state index in [0.29, 0.717) is 5.69 Å². The molecule has 1 atom stereocenters. The lowest BCUT2D eigenvalue weighted by Crippen LogP contribution is -2.34. The van der Waals surface area contributed by atoms with E-state index in [1.165, 1.54) is 0 Å². The highest BCUT2D eigenvalue weighted by atomic mass is 16.4. The van der Waals surface area contributed by atoms with Crippen molar-refractivity contribution < 1.29 is 14.7 Å². The smallest absolute Gasteiger partial charge is 0.311 e. The van der Waals surface area contributed by atoms with Gasteiger partial charge in [0.1, 0.15) is 5.82 Å². The fourth-order valence-electron chi connectivity index (χ4n) is 2.42. The van der Waals surface area contributed by atoms with Gasteiger partial charge in [-0.3, -0.25) is 19.4 Å². The predicted molar refractivity (Wildman–Crippen MR) is 82.9 cm³/mol. The molecule has 0 fully saturated rings. The Balaban J connectivity index is 1.99. The minimum atomic E-state index is -1.23. The fourth-order valence-corrected chi connectivity index (χ4v) is 2.42. The van der Waals surface area contributed by atoms with Crippen LogP contribution in [0.4, 0.5) is 17.5 Å². The van der Waals surface area contributed by atoms with Gasteiger partial charge in [-0.15, -0.1) is 0 Å². The average Bonchev–Trinajstić information content (AvgIpc) is 2.48. The van der Waals surface area contributed by atoms with E-state index in [9.17, 15) is 19.5 Å². The van der Waals surface area contributed by atoms with E-state index in [-0.39, 0.29) is 23.8 Å². The first-order chi connectivity index (χ1) is 10.9. The average molecular weight is 314 g/mol. The number of benzene rings is 1. The van der Waals surface area contributed by atoms with Gasteiger partial charge in [0, 0.05) is 12.1 Å². The van der Waals surface area contributed by atoms with E-state index in [2.05, 4.69) is 20.6 Å². The van der Waals surface area contributed by atoms with Crippen molar-refractivity contribution in [3.8, 4) is 0 Å². The number of aliphatic carboxylic acids is 1. The molecule has 0 aliphatic carbocycles. The molecule has 1 aliphatic rings. The number of rotatable bonds is 3. The van der Waals surface area contributed by atoms with E-state index < -0.39 is 23.4 Å². The number of H-pyrrole nitrogens is 1. The third-order valence-electron chi connectivity index (χ3n) is 3.56. The Morgan fingerprint density at radius 2 is 2.00 bits per heavy atom. The van der Waals surface area contributed by atoms with Gasteiger partial charge in [0.25, 0.3) is 5.56 Å². The number of nitrogens with zero attached hydrogens (tertiary/aromatic N) is 1. The van der Waals surface area contributed by atoms with Crippen LogP contribution in [0.1, 0.15) is 23.5 Å². The molecule has 118 valence electrons. The molecule has 2 aromatic rings. The molecule has 1 amide bonds. The van der Waals surface area contributed by atoms with Crippen molar-refractivity contribution in [2.75, 3.05) is 10.6 Å². The zero-order chi connectivity index (χ0) is 16.6. The number of aryl methyl sites for hydroxylation is 1. The number of amides is 1. The molecule has 0 bridgehead atoms. The molecule has 23 heavy (non-hydrogen) atoms. The van der Waals surface area contributed by atoms with E-state index >= 15 is 0 Å². The van der Waals surface area contributed by atoms with Gasteiger partial charge in [-0.25, -0.2) is 0 Å². The van der Waals surface area contributed by atoms with E-state index in [4.69, 9.17) is 0 Å². The summed E-state index contributed by atoms with van der Waals surface area (Å²) in [5, 5.41) is 14.5. The number of fused-ring (bicyclic) bond motifs is 1. The molecule has 2 heterocycles. The number of carbonyl (C=O) groups excluding carboxylic acids is 1. The third kappa shape index (κ3) is 2.91. The summed E-state index contributed by atoms with van der Waals surface area (Å²) in [5.41, 5.74) is 1.16. The highest BCUT2D eigenvalue weighted by Gasteiger charge is 2.34. The quantitative estimate of drug-likeness (QED) is 0.677. The van der Waals surface area contributed by atoms with Gasteiger partial charge in [0.05, 0.1) is 11.5 Å². The number of nitrogens with one attached hydrogen (secondary N) is 3. The van der Waals surface area contributed by atoms with E-state index in [1.807, 2.05) is 31.2 Å². The van der Waals surface area contributed by atoms with Crippen LogP contribution in [0.2, 0.25) is 0 Å². The molecule has 0 spiro atoms.